The van der Waals surface area contributed by atoms with E-state index in [2.05, 4.69) is 18.7 Å². The molecule has 3 atom stereocenters. The standard InChI is InChI=1S/C14H25NOS2/c1-11-7-8-12(2)15(11)14(16)6-4-3-5-13-9-10-17-18-13/h11-13H,3-10H2,1-2H3. The molecule has 0 aromatic heterocycles. The molecule has 0 aromatic carbocycles. The van der Waals surface area contributed by atoms with Crippen LogP contribution in [-0.4, -0.2) is 33.9 Å². The highest BCUT2D eigenvalue weighted by molar-refractivity contribution is 8.77. The lowest BCUT2D eigenvalue weighted by Crippen LogP contribution is -2.38. The predicted molar refractivity (Wildman–Crippen MR) is 81.9 cm³/mol. The molecule has 3 unspecified atom stereocenters. The van der Waals surface area contributed by atoms with Crippen molar-refractivity contribution in [2.24, 2.45) is 0 Å². The molecule has 2 fully saturated rings. The third kappa shape index (κ3) is 3.83. The molecular weight excluding hydrogens is 262 g/mol. The van der Waals surface area contributed by atoms with Crippen LogP contribution in [0.4, 0.5) is 0 Å². The Morgan fingerprint density at radius 1 is 1.17 bits per heavy atom. The molecule has 0 N–H and O–H groups in total. The van der Waals surface area contributed by atoms with Gasteiger partial charge in [-0.1, -0.05) is 28.0 Å². The summed E-state index contributed by atoms with van der Waals surface area (Å²) >= 11 is 0. The molecular formula is C14H25NOS2. The minimum Gasteiger partial charge on any atom is -0.337 e. The zero-order valence-corrected chi connectivity index (χ0v) is 13.2. The van der Waals surface area contributed by atoms with Crippen molar-refractivity contribution < 1.29 is 4.79 Å². The maximum atomic E-state index is 12.2. The quantitative estimate of drug-likeness (QED) is 0.561. The van der Waals surface area contributed by atoms with Gasteiger partial charge in [-0.15, -0.1) is 0 Å². The van der Waals surface area contributed by atoms with E-state index >= 15 is 0 Å². The lowest BCUT2D eigenvalue weighted by atomic mass is 10.1. The normalized spacial score (nSPS) is 32.1. The van der Waals surface area contributed by atoms with Crippen molar-refractivity contribution in [1.82, 2.24) is 4.90 Å². The predicted octanol–water partition coefficient (Wildman–Crippen LogP) is 4.10. The molecule has 0 radical (unpaired) electrons. The molecule has 0 spiro atoms. The second-order valence-corrected chi connectivity index (χ2v) is 8.44. The van der Waals surface area contributed by atoms with Gasteiger partial charge in [-0.25, -0.2) is 0 Å². The van der Waals surface area contributed by atoms with Gasteiger partial charge in [0, 0.05) is 29.5 Å². The maximum Gasteiger partial charge on any atom is 0.223 e. The summed E-state index contributed by atoms with van der Waals surface area (Å²) in [6.45, 7) is 4.38. The van der Waals surface area contributed by atoms with E-state index < -0.39 is 0 Å². The topological polar surface area (TPSA) is 20.3 Å². The summed E-state index contributed by atoms with van der Waals surface area (Å²) in [5.74, 6) is 1.71. The third-order valence-electron chi connectivity index (χ3n) is 4.13. The van der Waals surface area contributed by atoms with E-state index in [4.69, 9.17) is 0 Å². The van der Waals surface area contributed by atoms with Crippen LogP contribution in [0.5, 0.6) is 0 Å². The van der Waals surface area contributed by atoms with E-state index in [1.165, 1.54) is 37.9 Å². The first-order chi connectivity index (χ1) is 8.68. The number of carbonyl (C=O) groups is 1. The zero-order valence-electron chi connectivity index (χ0n) is 11.6. The smallest absolute Gasteiger partial charge is 0.223 e. The molecule has 2 saturated heterocycles. The Balaban J connectivity index is 1.62. The average molecular weight is 287 g/mol. The van der Waals surface area contributed by atoms with Crippen molar-refractivity contribution in [3.63, 3.8) is 0 Å². The van der Waals surface area contributed by atoms with Crippen LogP contribution in [0.2, 0.25) is 0 Å². The fraction of sp³-hybridized carbons (Fsp3) is 0.929. The SMILES string of the molecule is CC1CCC(C)N1C(=O)CCCCC1CCSS1. The van der Waals surface area contributed by atoms with Crippen LogP contribution in [0.15, 0.2) is 0 Å². The molecule has 0 bridgehead atoms. The number of hydrogen-bond donors (Lipinski definition) is 0. The number of amides is 1. The molecule has 0 aliphatic carbocycles. The number of rotatable bonds is 5. The lowest BCUT2D eigenvalue weighted by Gasteiger charge is -2.26. The minimum atomic E-state index is 0.390. The Kier molecular flexibility index (Phi) is 5.74. The van der Waals surface area contributed by atoms with Crippen LogP contribution >= 0.6 is 21.6 Å². The van der Waals surface area contributed by atoms with Gasteiger partial charge in [0.1, 0.15) is 0 Å². The fourth-order valence-corrected chi connectivity index (χ4v) is 6.06. The molecule has 2 aliphatic rings. The van der Waals surface area contributed by atoms with E-state index in [0.29, 0.717) is 18.0 Å². The Morgan fingerprint density at radius 3 is 2.50 bits per heavy atom. The van der Waals surface area contributed by atoms with Crippen LogP contribution in [0.25, 0.3) is 0 Å². The van der Waals surface area contributed by atoms with E-state index in [9.17, 15) is 4.79 Å². The average Bonchev–Trinajstić information content (AvgIpc) is 2.95. The van der Waals surface area contributed by atoms with Crippen molar-refractivity contribution in [3.05, 3.63) is 0 Å². The van der Waals surface area contributed by atoms with Crippen molar-refractivity contribution >= 4 is 27.5 Å². The molecule has 2 rings (SSSR count). The number of hydrogen-bond acceptors (Lipinski definition) is 3. The molecule has 4 heteroatoms. The van der Waals surface area contributed by atoms with Gasteiger partial charge in [-0.2, -0.15) is 0 Å². The first-order valence-corrected chi connectivity index (χ1v) is 9.66. The van der Waals surface area contributed by atoms with Crippen molar-refractivity contribution in [3.8, 4) is 0 Å². The highest BCUT2D eigenvalue weighted by Crippen LogP contribution is 2.39. The third-order valence-corrected chi connectivity index (χ3v) is 7.14. The summed E-state index contributed by atoms with van der Waals surface area (Å²) in [6.07, 6.45) is 8.10. The van der Waals surface area contributed by atoms with Gasteiger partial charge in [0.05, 0.1) is 0 Å². The van der Waals surface area contributed by atoms with Crippen molar-refractivity contribution in [2.45, 2.75) is 76.1 Å². The van der Waals surface area contributed by atoms with E-state index in [-0.39, 0.29) is 0 Å². The molecule has 1 amide bonds. The highest BCUT2D eigenvalue weighted by Gasteiger charge is 2.30. The summed E-state index contributed by atoms with van der Waals surface area (Å²) in [5, 5.41) is 0.856. The summed E-state index contributed by atoms with van der Waals surface area (Å²) in [5.41, 5.74) is 0. The van der Waals surface area contributed by atoms with Crippen LogP contribution in [0.1, 0.15) is 58.8 Å². The fourth-order valence-electron chi connectivity index (χ4n) is 3.03. The second-order valence-electron chi connectivity index (χ2n) is 5.65. The van der Waals surface area contributed by atoms with Gasteiger partial charge in [0.25, 0.3) is 0 Å². The van der Waals surface area contributed by atoms with Gasteiger partial charge in [-0.3, -0.25) is 4.79 Å². The molecule has 0 aromatic rings. The Labute approximate surface area is 119 Å². The van der Waals surface area contributed by atoms with Crippen LogP contribution < -0.4 is 0 Å². The molecule has 2 heterocycles. The summed E-state index contributed by atoms with van der Waals surface area (Å²) in [4.78, 5) is 14.3. The van der Waals surface area contributed by atoms with Gasteiger partial charge < -0.3 is 4.90 Å². The largest absolute Gasteiger partial charge is 0.337 e. The maximum absolute atomic E-state index is 12.2. The van der Waals surface area contributed by atoms with Gasteiger partial charge in [0.15, 0.2) is 0 Å². The number of nitrogens with zero attached hydrogens (tertiary/aromatic N) is 1. The Morgan fingerprint density at radius 2 is 1.89 bits per heavy atom. The monoisotopic (exact) mass is 287 g/mol. The molecule has 0 saturated carbocycles. The number of unbranched alkanes of at least 4 members (excludes halogenated alkanes) is 1. The zero-order chi connectivity index (χ0) is 13.0. The number of carbonyl (C=O) groups excluding carboxylic acids is 1. The van der Waals surface area contributed by atoms with Crippen molar-refractivity contribution in [2.75, 3.05) is 5.75 Å². The Bertz CT molecular complexity index is 269. The van der Waals surface area contributed by atoms with Crippen LogP contribution in [0, 0.1) is 0 Å². The molecule has 104 valence electrons. The first-order valence-electron chi connectivity index (χ1n) is 7.28. The molecule has 18 heavy (non-hydrogen) atoms. The lowest BCUT2D eigenvalue weighted by molar-refractivity contribution is -0.133. The second kappa shape index (κ2) is 7.09. The summed E-state index contributed by atoms with van der Waals surface area (Å²) in [7, 11) is 4.06. The minimum absolute atomic E-state index is 0.390. The van der Waals surface area contributed by atoms with E-state index in [1.807, 2.05) is 21.6 Å². The molecule has 2 aliphatic heterocycles. The summed E-state index contributed by atoms with van der Waals surface area (Å²) in [6, 6.07) is 0.934. The first kappa shape index (κ1) is 14.6. The van der Waals surface area contributed by atoms with Gasteiger partial charge >= 0.3 is 0 Å². The van der Waals surface area contributed by atoms with Gasteiger partial charge in [0.2, 0.25) is 5.91 Å². The van der Waals surface area contributed by atoms with Crippen LogP contribution in [0.3, 0.4) is 0 Å². The van der Waals surface area contributed by atoms with E-state index in [1.54, 1.807) is 0 Å². The van der Waals surface area contributed by atoms with Crippen molar-refractivity contribution in [1.29, 1.82) is 0 Å². The number of likely N-dealkylation sites (tertiary alicyclic amines) is 1. The molecule has 2 nitrogen and oxygen atoms in total. The summed E-state index contributed by atoms with van der Waals surface area (Å²) < 4.78 is 0. The Hall–Kier alpha value is 0.170. The van der Waals surface area contributed by atoms with Gasteiger partial charge in [-0.05, 0) is 46.0 Å². The van der Waals surface area contributed by atoms with E-state index in [0.717, 1.165) is 18.1 Å². The highest BCUT2D eigenvalue weighted by atomic mass is 33.1. The van der Waals surface area contributed by atoms with Crippen LogP contribution in [-0.2, 0) is 4.79 Å².